The second-order valence-corrected chi connectivity index (χ2v) is 6.20. The van der Waals surface area contributed by atoms with Crippen molar-refractivity contribution >= 4 is 22.9 Å². The van der Waals surface area contributed by atoms with Crippen molar-refractivity contribution < 1.29 is 0 Å². The first-order valence-corrected chi connectivity index (χ1v) is 6.83. The van der Waals surface area contributed by atoms with Gasteiger partial charge in [-0.1, -0.05) is 18.5 Å². The van der Waals surface area contributed by atoms with Gasteiger partial charge >= 0.3 is 0 Å². The van der Waals surface area contributed by atoms with Crippen LogP contribution in [0.1, 0.15) is 18.7 Å². The molecular formula is C12H21ClN2S. The van der Waals surface area contributed by atoms with E-state index in [0.29, 0.717) is 12.0 Å². The van der Waals surface area contributed by atoms with Crippen molar-refractivity contribution in [2.24, 2.45) is 5.92 Å². The van der Waals surface area contributed by atoms with Crippen LogP contribution in [0.4, 0.5) is 0 Å². The predicted molar refractivity (Wildman–Crippen MR) is 73.3 cm³/mol. The second-order valence-electron chi connectivity index (χ2n) is 4.40. The summed E-state index contributed by atoms with van der Waals surface area (Å²) in [4.78, 5) is 3.71. The van der Waals surface area contributed by atoms with Crippen LogP contribution in [0.15, 0.2) is 12.1 Å². The molecule has 0 radical (unpaired) electrons. The van der Waals surface area contributed by atoms with E-state index >= 15 is 0 Å². The molecule has 1 N–H and O–H groups in total. The third kappa shape index (κ3) is 4.06. The minimum Gasteiger partial charge on any atom is -0.319 e. The summed E-state index contributed by atoms with van der Waals surface area (Å²) in [5.74, 6) is 0.644. The summed E-state index contributed by atoms with van der Waals surface area (Å²) in [6, 6.07) is 4.64. The van der Waals surface area contributed by atoms with Crippen molar-refractivity contribution in [3.8, 4) is 0 Å². The summed E-state index contributed by atoms with van der Waals surface area (Å²) < 4.78 is 0.874. The Morgan fingerprint density at radius 1 is 1.44 bits per heavy atom. The van der Waals surface area contributed by atoms with Crippen LogP contribution in [-0.4, -0.2) is 31.6 Å². The Balaban J connectivity index is 2.48. The lowest BCUT2D eigenvalue weighted by molar-refractivity contribution is 0.191. The van der Waals surface area contributed by atoms with Gasteiger partial charge in [-0.05, 0) is 45.6 Å². The van der Waals surface area contributed by atoms with Crippen molar-refractivity contribution in [2.75, 3.05) is 20.6 Å². The summed E-state index contributed by atoms with van der Waals surface area (Å²) in [6.45, 7) is 6.58. The van der Waals surface area contributed by atoms with Crippen molar-refractivity contribution in [1.82, 2.24) is 10.2 Å². The van der Waals surface area contributed by atoms with Crippen molar-refractivity contribution in [1.29, 1.82) is 0 Å². The fraction of sp³-hybridized carbons (Fsp3) is 0.667. The molecule has 0 saturated carbocycles. The Morgan fingerprint density at radius 2 is 2.12 bits per heavy atom. The number of thiophene rings is 1. The van der Waals surface area contributed by atoms with Crippen LogP contribution < -0.4 is 5.32 Å². The van der Waals surface area contributed by atoms with Crippen molar-refractivity contribution in [3.63, 3.8) is 0 Å². The van der Waals surface area contributed by atoms with E-state index in [1.54, 1.807) is 11.3 Å². The lowest BCUT2D eigenvalue weighted by Gasteiger charge is -2.29. The van der Waals surface area contributed by atoms with E-state index in [9.17, 15) is 0 Å². The molecule has 2 atom stereocenters. The van der Waals surface area contributed by atoms with Gasteiger partial charge in [-0.25, -0.2) is 0 Å². The molecular weight excluding hydrogens is 240 g/mol. The van der Waals surface area contributed by atoms with Gasteiger partial charge in [0.1, 0.15) is 0 Å². The van der Waals surface area contributed by atoms with Gasteiger partial charge < -0.3 is 5.32 Å². The highest BCUT2D eigenvalue weighted by Crippen LogP contribution is 2.23. The third-order valence-corrected chi connectivity index (χ3v) is 4.29. The van der Waals surface area contributed by atoms with Gasteiger partial charge in [0.05, 0.1) is 4.34 Å². The van der Waals surface area contributed by atoms with Crippen LogP contribution in [0.2, 0.25) is 4.34 Å². The Kier molecular flexibility index (Phi) is 5.76. The van der Waals surface area contributed by atoms with Crippen LogP contribution >= 0.6 is 22.9 Å². The van der Waals surface area contributed by atoms with Crippen LogP contribution in [-0.2, 0) is 6.54 Å². The van der Waals surface area contributed by atoms with Crippen molar-refractivity contribution in [2.45, 2.75) is 26.4 Å². The molecule has 1 aromatic rings. The number of nitrogens with zero attached hydrogens (tertiary/aromatic N) is 1. The molecule has 1 aromatic heterocycles. The number of nitrogens with one attached hydrogen (secondary N) is 1. The van der Waals surface area contributed by atoms with E-state index in [-0.39, 0.29) is 0 Å². The lowest BCUT2D eigenvalue weighted by Crippen LogP contribution is -2.37. The van der Waals surface area contributed by atoms with Gasteiger partial charge in [0.2, 0.25) is 0 Å². The summed E-state index contributed by atoms with van der Waals surface area (Å²) in [5.41, 5.74) is 0. The zero-order valence-corrected chi connectivity index (χ0v) is 12.0. The largest absolute Gasteiger partial charge is 0.319 e. The van der Waals surface area contributed by atoms with Crippen LogP contribution in [0.25, 0.3) is 0 Å². The third-order valence-electron chi connectivity index (χ3n) is 3.08. The van der Waals surface area contributed by atoms with E-state index < -0.39 is 0 Å². The van der Waals surface area contributed by atoms with Crippen LogP contribution in [0.5, 0.6) is 0 Å². The summed E-state index contributed by atoms with van der Waals surface area (Å²) >= 11 is 7.59. The zero-order valence-electron chi connectivity index (χ0n) is 10.5. The highest BCUT2D eigenvalue weighted by molar-refractivity contribution is 7.16. The monoisotopic (exact) mass is 260 g/mol. The van der Waals surface area contributed by atoms with E-state index in [1.807, 2.05) is 13.1 Å². The fourth-order valence-electron chi connectivity index (χ4n) is 1.75. The molecule has 92 valence electrons. The average molecular weight is 261 g/mol. The zero-order chi connectivity index (χ0) is 12.1. The minimum absolute atomic E-state index is 0.563. The molecule has 0 aliphatic carbocycles. The molecule has 0 fully saturated rings. The Bertz CT molecular complexity index is 314. The Hall–Kier alpha value is -0.0900. The molecule has 0 spiro atoms. The number of halogens is 1. The average Bonchev–Trinajstić information content (AvgIpc) is 2.63. The number of rotatable bonds is 6. The first-order chi connectivity index (χ1) is 7.54. The van der Waals surface area contributed by atoms with E-state index in [4.69, 9.17) is 11.6 Å². The molecule has 0 aromatic carbocycles. The van der Waals surface area contributed by atoms with Gasteiger partial charge in [0.25, 0.3) is 0 Å². The lowest BCUT2D eigenvalue weighted by atomic mass is 10.0. The molecule has 2 unspecified atom stereocenters. The van der Waals surface area contributed by atoms with Gasteiger partial charge in [-0.3, -0.25) is 4.90 Å². The number of hydrogen-bond donors (Lipinski definition) is 1. The standard InChI is InChI=1S/C12H21ClN2S/c1-9(7-14-3)10(2)15(4)8-11-5-6-12(13)16-11/h5-6,9-10,14H,7-8H2,1-4H3. The van der Waals surface area contributed by atoms with Gasteiger partial charge in [0, 0.05) is 17.5 Å². The molecule has 0 amide bonds. The smallest absolute Gasteiger partial charge is 0.0931 e. The second kappa shape index (κ2) is 6.60. The molecule has 0 bridgehead atoms. The maximum atomic E-state index is 5.93. The molecule has 2 nitrogen and oxygen atoms in total. The summed E-state index contributed by atoms with van der Waals surface area (Å²) in [7, 11) is 4.17. The quantitative estimate of drug-likeness (QED) is 0.846. The van der Waals surface area contributed by atoms with Gasteiger partial charge in [-0.15, -0.1) is 11.3 Å². The molecule has 0 aliphatic heterocycles. The Labute approximate surface area is 108 Å². The minimum atomic E-state index is 0.563. The Morgan fingerprint density at radius 3 is 2.62 bits per heavy atom. The highest BCUT2D eigenvalue weighted by atomic mass is 35.5. The van der Waals surface area contributed by atoms with E-state index in [2.05, 4.69) is 37.2 Å². The van der Waals surface area contributed by atoms with Crippen LogP contribution in [0.3, 0.4) is 0 Å². The maximum Gasteiger partial charge on any atom is 0.0931 e. The van der Waals surface area contributed by atoms with Crippen LogP contribution in [0, 0.1) is 5.92 Å². The fourth-order valence-corrected chi connectivity index (χ4v) is 2.90. The topological polar surface area (TPSA) is 15.3 Å². The molecule has 0 aliphatic rings. The summed E-state index contributed by atoms with van der Waals surface area (Å²) in [5, 5.41) is 3.23. The number of hydrogen-bond acceptors (Lipinski definition) is 3. The predicted octanol–water partition coefficient (Wildman–Crippen LogP) is 3.08. The maximum absolute atomic E-state index is 5.93. The van der Waals surface area contributed by atoms with E-state index in [0.717, 1.165) is 17.4 Å². The molecule has 1 rings (SSSR count). The molecule has 16 heavy (non-hydrogen) atoms. The summed E-state index contributed by atoms with van der Waals surface area (Å²) in [6.07, 6.45) is 0. The first kappa shape index (κ1) is 14.0. The van der Waals surface area contributed by atoms with Gasteiger partial charge in [0.15, 0.2) is 0 Å². The normalized spacial score (nSPS) is 15.4. The highest BCUT2D eigenvalue weighted by Gasteiger charge is 2.16. The molecule has 4 heteroatoms. The van der Waals surface area contributed by atoms with Gasteiger partial charge in [-0.2, -0.15) is 0 Å². The SMILES string of the molecule is CNCC(C)C(C)N(C)Cc1ccc(Cl)s1. The first-order valence-electron chi connectivity index (χ1n) is 5.63. The van der Waals surface area contributed by atoms with E-state index in [1.165, 1.54) is 4.88 Å². The molecule has 0 saturated heterocycles. The molecule has 1 heterocycles. The van der Waals surface area contributed by atoms with Crippen molar-refractivity contribution in [3.05, 3.63) is 21.3 Å².